The van der Waals surface area contributed by atoms with E-state index in [2.05, 4.69) is 19.9 Å². The molecule has 0 amide bonds. The molecule has 2 heteroatoms. The number of carbonyl (C=O) groups excluding carboxylic acids is 2. The van der Waals surface area contributed by atoms with E-state index in [1.807, 2.05) is 20.8 Å². The van der Waals surface area contributed by atoms with Gasteiger partial charge in [0.1, 0.15) is 0 Å². The summed E-state index contributed by atoms with van der Waals surface area (Å²) >= 11 is 0. The molecule has 0 saturated heterocycles. The zero-order valence-electron chi connectivity index (χ0n) is 14.2. The Morgan fingerprint density at radius 1 is 1.00 bits per heavy atom. The number of Topliss-reactive ketones (excluding diaryl/α,β-unsaturated/α-hetero) is 2. The average molecular weight is 276 g/mol. The van der Waals surface area contributed by atoms with Crippen LogP contribution in [0.2, 0.25) is 0 Å². The van der Waals surface area contributed by atoms with Crippen molar-refractivity contribution >= 4 is 11.6 Å². The molecular weight excluding hydrogens is 248 g/mol. The van der Waals surface area contributed by atoms with E-state index >= 15 is 0 Å². The summed E-state index contributed by atoms with van der Waals surface area (Å²) in [5.74, 6) is 0.0400. The van der Waals surface area contributed by atoms with Crippen molar-refractivity contribution in [2.45, 2.75) is 61.8 Å². The van der Waals surface area contributed by atoms with Crippen LogP contribution in [0, 0.1) is 5.92 Å². The van der Waals surface area contributed by atoms with Crippen LogP contribution >= 0.6 is 0 Å². The molecule has 20 heavy (non-hydrogen) atoms. The zero-order chi connectivity index (χ0) is 16.0. The SMILES string of the molecule is CC.CC/C(C)=C\C(C)C1=C(C)C(=O)C(C)=C(C)C1=O. The van der Waals surface area contributed by atoms with Crippen molar-refractivity contribution in [3.8, 4) is 0 Å². The average Bonchev–Trinajstić information content (AvgIpc) is 2.45. The van der Waals surface area contributed by atoms with Crippen LogP contribution in [0.25, 0.3) is 0 Å². The van der Waals surface area contributed by atoms with Crippen molar-refractivity contribution in [1.82, 2.24) is 0 Å². The molecular formula is C18H28O2. The summed E-state index contributed by atoms with van der Waals surface area (Å²) in [7, 11) is 0. The summed E-state index contributed by atoms with van der Waals surface area (Å²) in [6.45, 7) is 15.4. The Bertz CT molecular complexity index is 488. The fourth-order valence-electron chi connectivity index (χ4n) is 2.29. The van der Waals surface area contributed by atoms with E-state index in [1.165, 1.54) is 5.57 Å². The van der Waals surface area contributed by atoms with Gasteiger partial charge in [0.25, 0.3) is 0 Å². The zero-order valence-corrected chi connectivity index (χ0v) is 14.2. The second-order valence-electron chi connectivity index (χ2n) is 5.10. The van der Waals surface area contributed by atoms with Gasteiger partial charge in [0.15, 0.2) is 11.6 Å². The van der Waals surface area contributed by atoms with Crippen LogP contribution in [0.5, 0.6) is 0 Å². The molecule has 1 atom stereocenters. The van der Waals surface area contributed by atoms with Crippen molar-refractivity contribution in [3.63, 3.8) is 0 Å². The number of allylic oxidation sites excluding steroid dienone is 6. The molecule has 1 aliphatic rings. The molecule has 0 aromatic rings. The minimum absolute atomic E-state index is 0.00412. The van der Waals surface area contributed by atoms with Crippen molar-refractivity contribution < 1.29 is 9.59 Å². The first kappa shape index (κ1) is 18.6. The topological polar surface area (TPSA) is 34.1 Å². The Hall–Kier alpha value is -1.44. The maximum Gasteiger partial charge on any atom is 0.186 e. The van der Waals surface area contributed by atoms with E-state index in [1.54, 1.807) is 20.8 Å². The molecule has 1 rings (SSSR count). The summed E-state index contributed by atoms with van der Waals surface area (Å²) in [6.07, 6.45) is 3.05. The fourth-order valence-corrected chi connectivity index (χ4v) is 2.29. The standard InChI is InChI=1S/C16H22O2.C2H6/c1-7-9(2)8-10(3)14-13(6)15(17)11(4)12(5)16(14)18;1-2/h8,10H,7H2,1-6H3;1-2H3/b9-8-;. The lowest BCUT2D eigenvalue weighted by Crippen LogP contribution is -2.23. The van der Waals surface area contributed by atoms with Crippen LogP contribution in [0.15, 0.2) is 33.9 Å². The van der Waals surface area contributed by atoms with E-state index in [0.717, 1.165) is 6.42 Å². The van der Waals surface area contributed by atoms with E-state index < -0.39 is 0 Å². The first-order chi connectivity index (χ1) is 9.31. The number of hydrogen-bond donors (Lipinski definition) is 0. The molecule has 0 N–H and O–H groups in total. The van der Waals surface area contributed by atoms with Crippen molar-refractivity contribution in [3.05, 3.63) is 33.9 Å². The van der Waals surface area contributed by atoms with Crippen LogP contribution in [-0.2, 0) is 9.59 Å². The highest BCUT2D eigenvalue weighted by Crippen LogP contribution is 2.30. The van der Waals surface area contributed by atoms with Gasteiger partial charge in [0.2, 0.25) is 0 Å². The highest BCUT2D eigenvalue weighted by molar-refractivity contribution is 6.24. The Morgan fingerprint density at radius 3 is 1.90 bits per heavy atom. The number of carbonyl (C=O) groups is 2. The van der Waals surface area contributed by atoms with E-state index in [4.69, 9.17) is 0 Å². The Morgan fingerprint density at radius 2 is 1.45 bits per heavy atom. The van der Waals surface area contributed by atoms with Crippen molar-refractivity contribution in [2.75, 3.05) is 0 Å². The second kappa shape index (κ2) is 7.98. The van der Waals surface area contributed by atoms with Crippen molar-refractivity contribution in [2.24, 2.45) is 5.92 Å². The Balaban J connectivity index is 0.00000172. The molecule has 2 nitrogen and oxygen atoms in total. The summed E-state index contributed by atoms with van der Waals surface area (Å²) in [5, 5.41) is 0. The summed E-state index contributed by atoms with van der Waals surface area (Å²) < 4.78 is 0. The quantitative estimate of drug-likeness (QED) is 0.547. The van der Waals surface area contributed by atoms with Gasteiger partial charge in [-0.1, -0.05) is 39.3 Å². The Labute approximate surface area is 123 Å². The first-order valence-corrected chi connectivity index (χ1v) is 7.46. The summed E-state index contributed by atoms with van der Waals surface area (Å²) in [4.78, 5) is 24.4. The maximum atomic E-state index is 12.3. The Kier molecular flexibility index (Phi) is 7.41. The lowest BCUT2D eigenvalue weighted by Gasteiger charge is -2.22. The van der Waals surface area contributed by atoms with Gasteiger partial charge in [-0.2, -0.15) is 0 Å². The molecule has 0 fully saturated rings. The molecule has 0 aromatic heterocycles. The predicted octanol–water partition coefficient (Wildman–Crippen LogP) is 4.81. The van der Waals surface area contributed by atoms with E-state index in [-0.39, 0.29) is 17.5 Å². The van der Waals surface area contributed by atoms with Gasteiger partial charge < -0.3 is 0 Å². The van der Waals surface area contributed by atoms with Gasteiger partial charge in [0, 0.05) is 28.2 Å². The largest absolute Gasteiger partial charge is 0.289 e. The summed E-state index contributed by atoms with van der Waals surface area (Å²) in [6, 6.07) is 0. The van der Waals surface area contributed by atoms with Gasteiger partial charge in [-0.15, -0.1) is 0 Å². The van der Waals surface area contributed by atoms with Gasteiger partial charge >= 0.3 is 0 Å². The number of rotatable bonds is 3. The third-order valence-corrected chi connectivity index (χ3v) is 3.78. The monoisotopic (exact) mass is 276 g/mol. The number of hydrogen-bond acceptors (Lipinski definition) is 2. The third kappa shape index (κ3) is 3.78. The lowest BCUT2D eigenvalue weighted by atomic mass is 9.80. The van der Waals surface area contributed by atoms with Crippen LogP contribution in [0.1, 0.15) is 61.8 Å². The highest BCUT2D eigenvalue weighted by atomic mass is 16.1. The molecule has 0 spiro atoms. The second-order valence-corrected chi connectivity index (χ2v) is 5.10. The molecule has 1 aliphatic carbocycles. The van der Waals surface area contributed by atoms with E-state index in [0.29, 0.717) is 22.3 Å². The smallest absolute Gasteiger partial charge is 0.186 e. The third-order valence-electron chi connectivity index (χ3n) is 3.78. The van der Waals surface area contributed by atoms with Crippen molar-refractivity contribution in [1.29, 1.82) is 0 Å². The lowest BCUT2D eigenvalue weighted by molar-refractivity contribution is -0.116. The molecule has 0 bridgehead atoms. The predicted molar refractivity (Wildman–Crippen MR) is 85.6 cm³/mol. The minimum Gasteiger partial charge on any atom is -0.289 e. The minimum atomic E-state index is 0.00412. The molecule has 0 radical (unpaired) electrons. The molecule has 0 aliphatic heterocycles. The number of ketones is 2. The van der Waals surface area contributed by atoms with Crippen LogP contribution in [0.4, 0.5) is 0 Å². The molecule has 0 saturated carbocycles. The van der Waals surface area contributed by atoms with Gasteiger partial charge in [-0.3, -0.25) is 9.59 Å². The summed E-state index contributed by atoms with van der Waals surface area (Å²) in [5.41, 5.74) is 3.69. The van der Waals surface area contributed by atoms with Gasteiger partial charge in [-0.05, 0) is 34.1 Å². The molecule has 112 valence electrons. The maximum absolute atomic E-state index is 12.3. The van der Waals surface area contributed by atoms with Gasteiger partial charge in [-0.25, -0.2) is 0 Å². The van der Waals surface area contributed by atoms with Crippen LogP contribution in [-0.4, -0.2) is 11.6 Å². The highest BCUT2D eigenvalue weighted by Gasteiger charge is 2.29. The normalized spacial score (nSPS) is 18.1. The molecule has 0 heterocycles. The first-order valence-electron chi connectivity index (χ1n) is 7.46. The van der Waals surface area contributed by atoms with Crippen LogP contribution in [0.3, 0.4) is 0 Å². The van der Waals surface area contributed by atoms with Crippen LogP contribution < -0.4 is 0 Å². The van der Waals surface area contributed by atoms with Gasteiger partial charge in [0.05, 0.1) is 0 Å². The van der Waals surface area contributed by atoms with E-state index in [9.17, 15) is 9.59 Å². The molecule has 1 unspecified atom stereocenters. The molecule has 0 aromatic carbocycles. The fraction of sp³-hybridized carbons (Fsp3) is 0.556.